The Hall–Kier alpha value is -2.20. The average Bonchev–Trinajstić information content (AvgIpc) is 2.83. The zero-order valence-electron chi connectivity index (χ0n) is 12.4. The number of carboxylic acid groups (broad SMARTS) is 4. The van der Waals surface area contributed by atoms with Gasteiger partial charge in [0.2, 0.25) is 0 Å². The summed E-state index contributed by atoms with van der Waals surface area (Å²) in [6.45, 7) is -1.99. The highest BCUT2D eigenvalue weighted by atomic mass is 16.4. The number of aliphatic carboxylic acids is 4. The van der Waals surface area contributed by atoms with Crippen LogP contribution in [0.25, 0.3) is 0 Å². The Kier molecular flexibility index (Phi) is 6.91. The molecular weight excluding hydrogens is 312 g/mol. The smallest absolute Gasteiger partial charge is 0.317 e. The van der Waals surface area contributed by atoms with Gasteiger partial charge in [0, 0.05) is 12.1 Å². The molecule has 2 unspecified atom stereocenters. The van der Waals surface area contributed by atoms with Crippen LogP contribution in [0.3, 0.4) is 0 Å². The summed E-state index contributed by atoms with van der Waals surface area (Å²) >= 11 is 0. The van der Waals surface area contributed by atoms with Crippen molar-refractivity contribution in [3.05, 3.63) is 0 Å². The van der Waals surface area contributed by atoms with Crippen molar-refractivity contribution < 1.29 is 39.6 Å². The summed E-state index contributed by atoms with van der Waals surface area (Å²) in [6.07, 6.45) is 1.61. The lowest BCUT2D eigenvalue weighted by Crippen LogP contribution is -2.53. The van der Waals surface area contributed by atoms with Gasteiger partial charge in [-0.2, -0.15) is 0 Å². The Morgan fingerprint density at radius 1 is 0.652 bits per heavy atom. The van der Waals surface area contributed by atoms with Crippen molar-refractivity contribution in [3.8, 4) is 0 Å². The average molecular weight is 332 g/mol. The molecule has 130 valence electrons. The minimum Gasteiger partial charge on any atom is -0.480 e. The molecule has 0 aromatic rings. The van der Waals surface area contributed by atoms with Crippen LogP contribution in [0.4, 0.5) is 0 Å². The summed E-state index contributed by atoms with van der Waals surface area (Å²) in [5, 5.41) is 35.7. The molecule has 10 heteroatoms. The molecule has 1 fully saturated rings. The molecule has 0 spiro atoms. The second-order valence-electron chi connectivity index (χ2n) is 5.45. The summed E-state index contributed by atoms with van der Waals surface area (Å²) in [6, 6.07) is -1.03. The van der Waals surface area contributed by atoms with Crippen LogP contribution in [0.15, 0.2) is 0 Å². The molecule has 0 saturated heterocycles. The summed E-state index contributed by atoms with van der Waals surface area (Å²) < 4.78 is 0. The highest BCUT2D eigenvalue weighted by molar-refractivity contribution is 5.73. The Morgan fingerprint density at radius 2 is 0.913 bits per heavy atom. The van der Waals surface area contributed by atoms with E-state index in [1.807, 2.05) is 0 Å². The van der Waals surface area contributed by atoms with Gasteiger partial charge in [0.1, 0.15) is 0 Å². The zero-order valence-corrected chi connectivity index (χ0v) is 12.4. The van der Waals surface area contributed by atoms with Crippen LogP contribution in [0.1, 0.15) is 19.3 Å². The normalized spacial score (nSPS) is 20.8. The minimum absolute atomic E-state index is 0.487. The van der Waals surface area contributed by atoms with E-state index in [2.05, 4.69) is 0 Å². The lowest BCUT2D eigenvalue weighted by Gasteiger charge is -2.36. The third-order valence-electron chi connectivity index (χ3n) is 3.74. The number of hydrogen-bond acceptors (Lipinski definition) is 6. The molecule has 23 heavy (non-hydrogen) atoms. The van der Waals surface area contributed by atoms with Crippen molar-refractivity contribution in [2.24, 2.45) is 0 Å². The van der Waals surface area contributed by atoms with Crippen molar-refractivity contribution in [2.75, 3.05) is 26.2 Å². The Morgan fingerprint density at radius 3 is 1.13 bits per heavy atom. The fourth-order valence-electron chi connectivity index (χ4n) is 3.05. The molecule has 1 aliphatic carbocycles. The molecule has 1 aliphatic rings. The number of carbonyl (C=O) groups is 4. The first kappa shape index (κ1) is 18.8. The molecule has 0 aromatic heterocycles. The van der Waals surface area contributed by atoms with E-state index in [0.717, 1.165) is 0 Å². The van der Waals surface area contributed by atoms with Crippen LogP contribution in [-0.4, -0.2) is 92.4 Å². The van der Waals surface area contributed by atoms with E-state index in [0.29, 0.717) is 19.3 Å². The van der Waals surface area contributed by atoms with Crippen molar-refractivity contribution >= 4 is 23.9 Å². The van der Waals surface area contributed by atoms with Gasteiger partial charge in [-0.25, -0.2) is 0 Å². The van der Waals surface area contributed by atoms with Crippen molar-refractivity contribution in [1.29, 1.82) is 0 Å². The van der Waals surface area contributed by atoms with Gasteiger partial charge in [0.15, 0.2) is 0 Å². The molecule has 1 saturated carbocycles. The molecule has 1 rings (SSSR count). The van der Waals surface area contributed by atoms with E-state index in [4.69, 9.17) is 20.4 Å². The van der Waals surface area contributed by atoms with Gasteiger partial charge in [-0.1, -0.05) is 6.42 Å². The molecule has 10 nitrogen and oxygen atoms in total. The van der Waals surface area contributed by atoms with Crippen molar-refractivity contribution in [1.82, 2.24) is 9.80 Å². The maximum Gasteiger partial charge on any atom is 0.317 e. The molecule has 0 heterocycles. The van der Waals surface area contributed by atoms with Gasteiger partial charge in [-0.05, 0) is 12.8 Å². The van der Waals surface area contributed by atoms with Gasteiger partial charge in [0.25, 0.3) is 0 Å². The first-order chi connectivity index (χ1) is 10.7. The highest BCUT2D eigenvalue weighted by Crippen LogP contribution is 2.28. The molecule has 0 radical (unpaired) electrons. The summed E-state index contributed by atoms with van der Waals surface area (Å²) in [7, 11) is 0. The van der Waals surface area contributed by atoms with Crippen LogP contribution in [0, 0.1) is 0 Å². The first-order valence-corrected chi connectivity index (χ1v) is 7.06. The first-order valence-electron chi connectivity index (χ1n) is 7.06. The third kappa shape index (κ3) is 6.20. The standard InChI is InChI=1S/C13H20N2O8/c16-10(17)4-14(5-11(18)19)8-2-1-3-9(8)15(6-12(20)21)7-13(22)23/h8-9H,1-7H2,(H,16,17)(H,18,19)(H,20,21)(H,22,23). The fraction of sp³-hybridized carbons (Fsp3) is 0.692. The summed E-state index contributed by atoms with van der Waals surface area (Å²) in [5.74, 6) is -4.78. The molecule has 2 atom stereocenters. The van der Waals surface area contributed by atoms with E-state index < -0.39 is 62.1 Å². The van der Waals surface area contributed by atoms with Crippen LogP contribution < -0.4 is 0 Å². The van der Waals surface area contributed by atoms with Crippen LogP contribution in [-0.2, 0) is 19.2 Å². The second-order valence-corrected chi connectivity index (χ2v) is 5.45. The molecule has 0 aromatic carbocycles. The highest BCUT2D eigenvalue weighted by Gasteiger charge is 2.38. The van der Waals surface area contributed by atoms with Gasteiger partial charge >= 0.3 is 23.9 Å². The topological polar surface area (TPSA) is 156 Å². The van der Waals surface area contributed by atoms with Crippen molar-refractivity contribution in [2.45, 2.75) is 31.3 Å². The third-order valence-corrected chi connectivity index (χ3v) is 3.74. The Balaban J connectivity index is 2.95. The Bertz CT molecular complexity index is 407. The van der Waals surface area contributed by atoms with Crippen LogP contribution >= 0.6 is 0 Å². The van der Waals surface area contributed by atoms with Gasteiger partial charge in [-0.3, -0.25) is 29.0 Å². The maximum absolute atomic E-state index is 10.9. The van der Waals surface area contributed by atoms with Gasteiger partial charge in [-0.15, -0.1) is 0 Å². The minimum atomic E-state index is -1.19. The van der Waals surface area contributed by atoms with Crippen molar-refractivity contribution in [3.63, 3.8) is 0 Å². The predicted molar refractivity (Wildman–Crippen MR) is 75.1 cm³/mol. The molecule has 0 amide bonds. The summed E-state index contributed by atoms with van der Waals surface area (Å²) in [4.78, 5) is 46.3. The van der Waals surface area contributed by atoms with E-state index in [9.17, 15) is 19.2 Å². The second kappa shape index (κ2) is 8.44. The van der Waals surface area contributed by atoms with E-state index in [1.54, 1.807) is 0 Å². The SMILES string of the molecule is O=C(O)CN(CC(=O)O)C1CCCC1N(CC(=O)O)CC(=O)O. The number of nitrogens with zero attached hydrogens (tertiary/aromatic N) is 2. The number of carboxylic acids is 4. The molecule has 0 aliphatic heterocycles. The number of rotatable bonds is 10. The van der Waals surface area contributed by atoms with Crippen LogP contribution in [0.2, 0.25) is 0 Å². The molecule has 4 N–H and O–H groups in total. The quantitative estimate of drug-likeness (QED) is 0.385. The lowest BCUT2D eigenvalue weighted by atomic mass is 10.1. The van der Waals surface area contributed by atoms with Crippen LogP contribution in [0.5, 0.6) is 0 Å². The van der Waals surface area contributed by atoms with E-state index >= 15 is 0 Å². The Labute approximate surface area is 131 Å². The number of hydrogen-bond donors (Lipinski definition) is 4. The molecular formula is C13H20N2O8. The summed E-state index contributed by atoms with van der Waals surface area (Å²) in [5.41, 5.74) is 0. The van der Waals surface area contributed by atoms with E-state index in [1.165, 1.54) is 9.80 Å². The fourth-order valence-corrected chi connectivity index (χ4v) is 3.05. The molecule has 0 bridgehead atoms. The zero-order chi connectivity index (χ0) is 17.6. The largest absolute Gasteiger partial charge is 0.480 e. The van der Waals surface area contributed by atoms with Gasteiger partial charge in [0.05, 0.1) is 26.2 Å². The lowest BCUT2D eigenvalue weighted by molar-refractivity contribution is -0.147. The van der Waals surface area contributed by atoms with E-state index in [-0.39, 0.29) is 0 Å². The predicted octanol–water partition coefficient (Wildman–Crippen LogP) is -1.15. The monoisotopic (exact) mass is 332 g/mol. The maximum atomic E-state index is 10.9. The van der Waals surface area contributed by atoms with Gasteiger partial charge < -0.3 is 20.4 Å².